The quantitative estimate of drug-likeness (QED) is 0.803. The summed E-state index contributed by atoms with van der Waals surface area (Å²) < 4.78 is 37.3. The first kappa shape index (κ1) is 12.2. The van der Waals surface area contributed by atoms with Crippen molar-refractivity contribution >= 4 is 0 Å². The summed E-state index contributed by atoms with van der Waals surface area (Å²) in [5.74, 6) is 0. The molecule has 2 nitrogen and oxygen atoms in total. The number of hydrogen-bond acceptors (Lipinski definition) is 2. The third kappa shape index (κ3) is 3.35. The van der Waals surface area contributed by atoms with Crippen LogP contribution in [0.2, 0.25) is 0 Å². The third-order valence-electron chi connectivity index (χ3n) is 3.49. The molecule has 0 radical (unpaired) electrons. The Balaban J connectivity index is 1.92. The van der Waals surface area contributed by atoms with Crippen molar-refractivity contribution in [1.29, 1.82) is 0 Å². The lowest BCUT2D eigenvalue weighted by atomic mass is 9.89. The molecule has 2 rings (SSSR count). The minimum absolute atomic E-state index is 0.0217. The van der Waals surface area contributed by atoms with Gasteiger partial charge >= 0.3 is 6.18 Å². The lowest BCUT2D eigenvalue weighted by molar-refractivity contribution is -0.149. The van der Waals surface area contributed by atoms with Crippen molar-refractivity contribution in [3.05, 3.63) is 0 Å². The summed E-state index contributed by atoms with van der Waals surface area (Å²) in [6, 6.07) is 0.180. The Morgan fingerprint density at radius 2 is 2.06 bits per heavy atom. The maximum atomic E-state index is 12.4. The summed E-state index contributed by atoms with van der Waals surface area (Å²) in [6.07, 6.45) is -1.22. The van der Waals surface area contributed by atoms with Crippen LogP contribution in [0.4, 0.5) is 13.2 Å². The van der Waals surface area contributed by atoms with E-state index in [2.05, 4.69) is 12.2 Å². The molecule has 1 aliphatic carbocycles. The Labute approximate surface area is 94.2 Å². The molecule has 0 spiro atoms. The van der Waals surface area contributed by atoms with Crippen LogP contribution in [0.25, 0.3) is 0 Å². The van der Waals surface area contributed by atoms with Gasteiger partial charge in [-0.2, -0.15) is 13.2 Å². The summed E-state index contributed by atoms with van der Waals surface area (Å²) in [5.41, 5.74) is 0.0217. The van der Waals surface area contributed by atoms with Gasteiger partial charge in [0.05, 0.1) is 6.54 Å². The molecular weight excluding hydrogens is 217 g/mol. The lowest BCUT2D eigenvalue weighted by Gasteiger charge is -2.32. The molecule has 1 saturated heterocycles. The Kier molecular flexibility index (Phi) is 3.18. The average molecular weight is 236 g/mol. The molecule has 1 unspecified atom stereocenters. The summed E-state index contributed by atoms with van der Waals surface area (Å²) >= 11 is 0. The van der Waals surface area contributed by atoms with E-state index in [1.807, 2.05) is 0 Å². The Morgan fingerprint density at radius 3 is 2.50 bits per heavy atom. The van der Waals surface area contributed by atoms with Crippen LogP contribution in [0.1, 0.15) is 26.2 Å². The van der Waals surface area contributed by atoms with E-state index in [-0.39, 0.29) is 11.5 Å². The van der Waals surface area contributed by atoms with Gasteiger partial charge in [-0.05, 0) is 31.2 Å². The molecule has 0 aromatic carbocycles. The molecule has 0 aromatic heterocycles. The molecule has 5 heteroatoms. The van der Waals surface area contributed by atoms with Gasteiger partial charge in [0, 0.05) is 19.1 Å². The zero-order valence-corrected chi connectivity index (χ0v) is 9.61. The lowest BCUT2D eigenvalue weighted by Crippen LogP contribution is -2.43. The first-order valence-corrected chi connectivity index (χ1v) is 5.90. The van der Waals surface area contributed by atoms with E-state index < -0.39 is 12.7 Å². The van der Waals surface area contributed by atoms with Crippen molar-refractivity contribution in [2.75, 3.05) is 26.2 Å². The van der Waals surface area contributed by atoms with Crippen molar-refractivity contribution in [2.24, 2.45) is 5.41 Å². The average Bonchev–Trinajstić information content (AvgIpc) is 2.88. The molecule has 0 bridgehead atoms. The molecular formula is C11H19F3N2. The van der Waals surface area contributed by atoms with Crippen LogP contribution in [-0.2, 0) is 0 Å². The van der Waals surface area contributed by atoms with E-state index in [1.165, 1.54) is 0 Å². The number of rotatable bonds is 4. The van der Waals surface area contributed by atoms with Gasteiger partial charge in [-0.15, -0.1) is 0 Å². The zero-order chi connectivity index (χ0) is 11.8. The monoisotopic (exact) mass is 236 g/mol. The molecule has 1 aliphatic heterocycles. The summed E-state index contributed by atoms with van der Waals surface area (Å²) in [6.45, 7) is 3.69. The molecule has 0 amide bonds. The van der Waals surface area contributed by atoms with Crippen LogP contribution in [0.15, 0.2) is 0 Å². The van der Waals surface area contributed by atoms with Gasteiger partial charge in [-0.3, -0.25) is 4.90 Å². The van der Waals surface area contributed by atoms with E-state index in [9.17, 15) is 13.2 Å². The largest absolute Gasteiger partial charge is 0.401 e. The van der Waals surface area contributed by atoms with Crippen molar-refractivity contribution in [1.82, 2.24) is 10.2 Å². The highest BCUT2D eigenvalue weighted by Crippen LogP contribution is 2.34. The second kappa shape index (κ2) is 4.18. The van der Waals surface area contributed by atoms with Gasteiger partial charge < -0.3 is 5.32 Å². The van der Waals surface area contributed by atoms with Crippen molar-refractivity contribution in [3.63, 3.8) is 0 Å². The predicted molar refractivity (Wildman–Crippen MR) is 56.2 cm³/mol. The maximum Gasteiger partial charge on any atom is 0.401 e. The summed E-state index contributed by atoms with van der Waals surface area (Å²) in [5, 5.41) is 3.23. The van der Waals surface area contributed by atoms with Gasteiger partial charge in [-0.25, -0.2) is 0 Å². The van der Waals surface area contributed by atoms with Gasteiger partial charge in [0.2, 0.25) is 0 Å². The maximum absolute atomic E-state index is 12.4. The Hall–Kier alpha value is -0.290. The van der Waals surface area contributed by atoms with E-state index in [0.29, 0.717) is 6.54 Å². The predicted octanol–water partition coefficient (Wildman–Crippen LogP) is 2.01. The van der Waals surface area contributed by atoms with E-state index >= 15 is 0 Å². The van der Waals surface area contributed by atoms with Gasteiger partial charge in [0.15, 0.2) is 0 Å². The van der Waals surface area contributed by atoms with Crippen LogP contribution in [-0.4, -0.2) is 43.3 Å². The van der Waals surface area contributed by atoms with Crippen molar-refractivity contribution < 1.29 is 13.2 Å². The number of alkyl halides is 3. The molecule has 1 atom stereocenters. The SMILES string of the molecule is CC1(CN(CC(F)(F)F)C2CC2)CCNC1. The molecule has 1 saturated carbocycles. The van der Waals surface area contributed by atoms with Crippen LogP contribution in [0, 0.1) is 5.41 Å². The third-order valence-corrected chi connectivity index (χ3v) is 3.49. The fourth-order valence-electron chi connectivity index (χ4n) is 2.48. The highest BCUT2D eigenvalue weighted by molar-refractivity contribution is 4.92. The minimum Gasteiger partial charge on any atom is -0.316 e. The van der Waals surface area contributed by atoms with Gasteiger partial charge in [0.25, 0.3) is 0 Å². The standard InChI is InChI=1S/C11H19F3N2/c1-10(4-5-15-6-10)7-16(9-2-3-9)8-11(12,13)14/h9,15H,2-8H2,1H3. The highest BCUT2D eigenvalue weighted by Gasteiger charge is 2.41. The van der Waals surface area contributed by atoms with Crippen LogP contribution < -0.4 is 5.32 Å². The van der Waals surface area contributed by atoms with Crippen molar-refractivity contribution in [2.45, 2.75) is 38.4 Å². The molecule has 2 aliphatic rings. The fourth-order valence-corrected chi connectivity index (χ4v) is 2.48. The van der Waals surface area contributed by atoms with Gasteiger partial charge in [-0.1, -0.05) is 6.92 Å². The highest BCUT2D eigenvalue weighted by atomic mass is 19.4. The first-order chi connectivity index (χ1) is 7.38. The smallest absolute Gasteiger partial charge is 0.316 e. The van der Waals surface area contributed by atoms with Crippen LogP contribution in [0.3, 0.4) is 0 Å². The topological polar surface area (TPSA) is 15.3 Å². The van der Waals surface area contributed by atoms with E-state index in [4.69, 9.17) is 0 Å². The Bertz CT molecular complexity index is 242. The number of halogens is 3. The van der Waals surface area contributed by atoms with E-state index in [0.717, 1.165) is 32.4 Å². The van der Waals surface area contributed by atoms with E-state index in [1.54, 1.807) is 4.90 Å². The molecule has 94 valence electrons. The van der Waals surface area contributed by atoms with Crippen LogP contribution >= 0.6 is 0 Å². The summed E-state index contributed by atoms with van der Waals surface area (Å²) in [7, 11) is 0. The molecule has 16 heavy (non-hydrogen) atoms. The zero-order valence-electron chi connectivity index (χ0n) is 9.61. The normalized spacial score (nSPS) is 31.3. The molecule has 0 aromatic rings. The number of nitrogens with one attached hydrogen (secondary N) is 1. The molecule has 1 heterocycles. The first-order valence-electron chi connectivity index (χ1n) is 5.90. The second-order valence-electron chi connectivity index (χ2n) is 5.49. The number of hydrogen-bond donors (Lipinski definition) is 1. The van der Waals surface area contributed by atoms with Crippen LogP contribution in [0.5, 0.6) is 0 Å². The molecule has 1 N–H and O–H groups in total. The summed E-state index contributed by atoms with van der Waals surface area (Å²) in [4.78, 5) is 1.63. The van der Waals surface area contributed by atoms with Gasteiger partial charge in [0.1, 0.15) is 0 Å². The Morgan fingerprint density at radius 1 is 1.38 bits per heavy atom. The fraction of sp³-hybridized carbons (Fsp3) is 1.00. The second-order valence-corrected chi connectivity index (χ2v) is 5.49. The molecule has 2 fully saturated rings. The number of nitrogens with zero attached hydrogens (tertiary/aromatic N) is 1. The minimum atomic E-state index is -4.06. The van der Waals surface area contributed by atoms with Crippen molar-refractivity contribution in [3.8, 4) is 0 Å².